The molecule has 1 saturated heterocycles. The molecule has 0 spiro atoms. The molecule has 1 amide bonds. The van der Waals surface area contributed by atoms with Gasteiger partial charge in [0.15, 0.2) is 0 Å². The number of hydrogen-bond donors (Lipinski definition) is 2. The molecular formula is C19H26FN5O2. The lowest BCUT2D eigenvalue weighted by atomic mass is 10.1. The van der Waals surface area contributed by atoms with Crippen molar-refractivity contribution in [1.82, 2.24) is 20.0 Å². The summed E-state index contributed by atoms with van der Waals surface area (Å²) < 4.78 is 18.8. The van der Waals surface area contributed by atoms with Gasteiger partial charge in [-0.05, 0) is 32.0 Å². The zero-order valence-electron chi connectivity index (χ0n) is 16.0. The van der Waals surface area contributed by atoms with E-state index < -0.39 is 0 Å². The maximum absolute atomic E-state index is 13.5. The normalized spacial score (nSPS) is 15.7. The standard InChI is InChI=1S/C19H26FN5O2/c1-13-19(14(2)23-22-13)21-18(26)12-25-8-6-24(7-9-25)11-15-10-16(20)4-5-17(15)27-3/h4-5,10H,6-9,11-12H2,1-3H3,(H,21,26)(H,22,23). The van der Waals surface area contributed by atoms with E-state index in [1.165, 1.54) is 12.1 Å². The second-order valence-electron chi connectivity index (χ2n) is 6.87. The van der Waals surface area contributed by atoms with Crippen LogP contribution in [-0.2, 0) is 11.3 Å². The van der Waals surface area contributed by atoms with Crippen molar-refractivity contribution in [3.05, 3.63) is 41.0 Å². The maximum Gasteiger partial charge on any atom is 0.238 e. The quantitative estimate of drug-likeness (QED) is 0.807. The third-order valence-corrected chi connectivity index (χ3v) is 4.86. The number of aryl methyl sites for hydroxylation is 2. The Labute approximate surface area is 158 Å². The van der Waals surface area contributed by atoms with Crippen LogP contribution in [0, 0.1) is 19.7 Å². The summed E-state index contributed by atoms with van der Waals surface area (Å²) in [5.74, 6) is 0.401. The van der Waals surface area contributed by atoms with Crippen molar-refractivity contribution in [1.29, 1.82) is 0 Å². The molecule has 1 aromatic carbocycles. The number of piperazine rings is 1. The van der Waals surface area contributed by atoms with Crippen LogP contribution in [0.2, 0.25) is 0 Å². The molecule has 7 nitrogen and oxygen atoms in total. The van der Waals surface area contributed by atoms with Gasteiger partial charge in [-0.2, -0.15) is 5.10 Å². The minimum atomic E-state index is -0.258. The lowest BCUT2D eigenvalue weighted by Crippen LogP contribution is -2.48. The van der Waals surface area contributed by atoms with Crippen LogP contribution in [0.5, 0.6) is 5.75 Å². The van der Waals surface area contributed by atoms with E-state index in [0.717, 1.165) is 48.8 Å². The highest BCUT2D eigenvalue weighted by Gasteiger charge is 2.21. The highest BCUT2D eigenvalue weighted by molar-refractivity contribution is 5.93. The first-order chi connectivity index (χ1) is 13.0. The number of rotatable bonds is 6. The van der Waals surface area contributed by atoms with Gasteiger partial charge in [-0.3, -0.25) is 19.7 Å². The maximum atomic E-state index is 13.5. The van der Waals surface area contributed by atoms with Crippen molar-refractivity contribution in [2.75, 3.05) is 45.2 Å². The summed E-state index contributed by atoms with van der Waals surface area (Å²) in [4.78, 5) is 16.7. The van der Waals surface area contributed by atoms with Gasteiger partial charge < -0.3 is 10.1 Å². The smallest absolute Gasteiger partial charge is 0.238 e. The molecule has 0 radical (unpaired) electrons. The van der Waals surface area contributed by atoms with Crippen molar-refractivity contribution in [3.8, 4) is 5.75 Å². The molecule has 8 heteroatoms. The molecule has 2 aromatic rings. The van der Waals surface area contributed by atoms with Crippen LogP contribution in [0.3, 0.4) is 0 Å². The van der Waals surface area contributed by atoms with E-state index in [-0.39, 0.29) is 11.7 Å². The molecule has 0 bridgehead atoms. The average Bonchev–Trinajstić information content (AvgIpc) is 2.95. The lowest BCUT2D eigenvalue weighted by molar-refractivity contribution is -0.117. The minimum absolute atomic E-state index is 0.0390. The molecule has 1 aliphatic rings. The fraction of sp³-hybridized carbons (Fsp3) is 0.474. The van der Waals surface area contributed by atoms with Crippen LogP contribution in [-0.4, -0.2) is 65.7 Å². The summed E-state index contributed by atoms with van der Waals surface area (Å²) >= 11 is 0. The van der Waals surface area contributed by atoms with Crippen molar-refractivity contribution in [3.63, 3.8) is 0 Å². The Morgan fingerprint density at radius 1 is 1.26 bits per heavy atom. The van der Waals surface area contributed by atoms with Gasteiger partial charge in [-0.25, -0.2) is 4.39 Å². The van der Waals surface area contributed by atoms with Crippen molar-refractivity contribution < 1.29 is 13.9 Å². The number of anilines is 1. The molecule has 1 fully saturated rings. The number of benzene rings is 1. The minimum Gasteiger partial charge on any atom is -0.496 e. The summed E-state index contributed by atoms with van der Waals surface area (Å²) in [7, 11) is 1.59. The van der Waals surface area contributed by atoms with E-state index in [9.17, 15) is 9.18 Å². The Morgan fingerprint density at radius 2 is 1.96 bits per heavy atom. The highest BCUT2D eigenvalue weighted by atomic mass is 19.1. The summed E-state index contributed by atoms with van der Waals surface area (Å²) in [6.07, 6.45) is 0. The van der Waals surface area contributed by atoms with E-state index in [1.807, 2.05) is 13.8 Å². The predicted octanol–water partition coefficient (Wildman–Crippen LogP) is 1.93. The largest absolute Gasteiger partial charge is 0.496 e. The SMILES string of the molecule is COc1ccc(F)cc1CN1CCN(CC(=O)Nc2c(C)n[nH]c2C)CC1. The van der Waals surface area contributed by atoms with Gasteiger partial charge >= 0.3 is 0 Å². The molecule has 0 unspecified atom stereocenters. The number of amides is 1. The van der Waals surface area contributed by atoms with Crippen LogP contribution in [0.4, 0.5) is 10.1 Å². The number of carbonyl (C=O) groups excluding carboxylic acids is 1. The van der Waals surface area contributed by atoms with Crippen LogP contribution >= 0.6 is 0 Å². The Bertz CT molecular complexity index is 780. The van der Waals surface area contributed by atoms with Gasteiger partial charge in [-0.15, -0.1) is 0 Å². The van der Waals surface area contributed by atoms with Crippen LogP contribution < -0.4 is 10.1 Å². The fourth-order valence-electron chi connectivity index (χ4n) is 3.33. The second kappa shape index (κ2) is 8.49. The van der Waals surface area contributed by atoms with Crippen LogP contribution in [0.1, 0.15) is 17.0 Å². The Morgan fingerprint density at radius 3 is 2.59 bits per heavy atom. The zero-order chi connectivity index (χ0) is 19.4. The van der Waals surface area contributed by atoms with Gasteiger partial charge in [0, 0.05) is 38.3 Å². The summed E-state index contributed by atoms with van der Waals surface area (Å²) in [6, 6.07) is 4.58. The Kier molecular flexibility index (Phi) is 6.08. The van der Waals surface area contributed by atoms with E-state index >= 15 is 0 Å². The highest BCUT2D eigenvalue weighted by Crippen LogP contribution is 2.22. The number of aromatic amines is 1. The topological polar surface area (TPSA) is 73.5 Å². The van der Waals surface area contributed by atoms with Crippen molar-refractivity contribution in [2.45, 2.75) is 20.4 Å². The predicted molar refractivity (Wildman–Crippen MR) is 101 cm³/mol. The first-order valence-electron chi connectivity index (χ1n) is 9.05. The van der Waals surface area contributed by atoms with Gasteiger partial charge in [-0.1, -0.05) is 0 Å². The van der Waals surface area contributed by atoms with Crippen LogP contribution in [0.25, 0.3) is 0 Å². The summed E-state index contributed by atoms with van der Waals surface area (Å²) in [5, 5.41) is 9.89. The number of H-pyrrole nitrogens is 1. The third kappa shape index (κ3) is 4.84. The van der Waals surface area contributed by atoms with Crippen molar-refractivity contribution in [2.24, 2.45) is 0 Å². The monoisotopic (exact) mass is 375 g/mol. The first-order valence-corrected chi connectivity index (χ1v) is 9.05. The number of nitrogens with one attached hydrogen (secondary N) is 2. The van der Waals surface area contributed by atoms with Gasteiger partial charge in [0.05, 0.1) is 30.7 Å². The molecule has 27 heavy (non-hydrogen) atoms. The Balaban J connectivity index is 1.49. The first kappa shape index (κ1) is 19.3. The fourth-order valence-corrected chi connectivity index (χ4v) is 3.33. The molecule has 3 rings (SSSR count). The van der Waals surface area contributed by atoms with E-state index in [1.54, 1.807) is 13.2 Å². The molecule has 146 valence electrons. The number of nitrogens with zero attached hydrogens (tertiary/aromatic N) is 3. The Hall–Kier alpha value is -2.45. The molecule has 0 aliphatic carbocycles. The average molecular weight is 375 g/mol. The van der Waals surface area contributed by atoms with Gasteiger partial charge in [0.25, 0.3) is 0 Å². The number of halogens is 1. The number of carbonyl (C=O) groups is 1. The third-order valence-electron chi connectivity index (χ3n) is 4.86. The van der Waals surface area contributed by atoms with Crippen LogP contribution in [0.15, 0.2) is 18.2 Å². The molecule has 1 aliphatic heterocycles. The van der Waals surface area contributed by atoms with Gasteiger partial charge in [0.1, 0.15) is 11.6 Å². The number of methoxy groups -OCH3 is 1. The molecule has 0 atom stereocenters. The number of aromatic nitrogens is 2. The van der Waals surface area contributed by atoms with E-state index in [2.05, 4.69) is 25.3 Å². The van der Waals surface area contributed by atoms with Gasteiger partial charge in [0.2, 0.25) is 5.91 Å². The van der Waals surface area contributed by atoms with E-state index in [0.29, 0.717) is 18.8 Å². The molecular weight excluding hydrogens is 349 g/mol. The molecule has 1 aromatic heterocycles. The molecule has 2 N–H and O–H groups in total. The van der Waals surface area contributed by atoms with E-state index in [4.69, 9.17) is 4.74 Å². The lowest BCUT2D eigenvalue weighted by Gasteiger charge is -2.34. The molecule has 0 saturated carbocycles. The zero-order valence-corrected chi connectivity index (χ0v) is 16.0. The van der Waals surface area contributed by atoms with Crippen molar-refractivity contribution >= 4 is 11.6 Å². The molecule has 2 heterocycles. The number of hydrogen-bond acceptors (Lipinski definition) is 5. The number of ether oxygens (including phenoxy) is 1. The second-order valence-corrected chi connectivity index (χ2v) is 6.87. The summed E-state index contributed by atoms with van der Waals surface area (Å²) in [5.41, 5.74) is 3.25. The summed E-state index contributed by atoms with van der Waals surface area (Å²) in [6.45, 7) is 7.93.